The van der Waals surface area contributed by atoms with E-state index in [1.165, 1.54) is 17.4 Å². The van der Waals surface area contributed by atoms with Gasteiger partial charge in [-0.3, -0.25) is 4.79 Å². The molecule has 8 heteroatoms. The highest BCUT2D eigenvalue weighted by atomic mass is 32.1. The highest BCUT2D eigenvalue weighted by molar-refractivity contribution is 7.19. The molecule has 5 N–H and O–H groups in total. The molecule has 0 saturated heterocycles. The van der Waals surface area contributed by atoms with Crippen molar-refractivity contribution in [2.75, 3.05) is 18.5 Å². The van der Waals surface area contributed by atoms with Crippen molar-refractivity contribution in [2.24, 2.45) is 5.73 Å². The molecule has 1 amide bonds. The van der Waals surface area contributed by atoms with Gasteiger partial charge in [0.25, 0.3) is 5.91 Å². The van der Waals surface area contributed by atoms with Crippen LogP contribution in [0.15, 0.2) is 42.6 Å². The molecule has 2 heterocycles. The van der Waals surface area contributed by atoms with Crippen molar-refractivity contribution in [2.45, 2.75) is 25.7 Å². The van der Waals surface area contributed by atoms with Crippen LogP contribution in [0.25, 0.3) is 10.4 Å². The molecular formula is C22H24FN3O3S. The van der Waals surface area contributed by atoms with E-state index in [4.69, 9.17) is 5.73 Å². The number of nitrogens with one attached hydrogen (secondary N) is 1. The molecule has 0 aliphatic carbocycles. The van der Waals surface area contributed by atoms with E-state index in [1.807, 2.05) is 19.9 Å². The highest BCUT2D eigenvalue weighted by Crippen LogP contribution is 2.38. The summed E-state index contributed by atoms with van der Waals surface area (Å²) in [4.78, 5) is 16.8. The number of nitrogens with two attached hydrogens (primary N) is 1. The largest absolute Gasteiger partial charge is 0.396 e. The zero-order valence-electron chi connectivity index (χ0n) is 16.7. The number of nitrogens with zero attached hydrogens (tertiary/aromatic N) is 1. The third-order valence-corrected chi connectivity index (χ3v) is 6.05. The smallest absolute Gasteiger partial charge is 0.251 e. The van der Waals surface area contributed by atoms with Crippen molar-refractivity contribution in [3.63, 3.8) is 0 Å². The molecule has 2 unspecified atom stereocenters. The summed E-state index contributed by atoms with van der Waals surface area (Å²) in [5, 5.41) is 22.1. The molecule has 30 heavy (non-hydrogen) atoms. The second-order valence-corrected chi connectivity index (χ2v) is 8.28. The summed E-state index contributed by atoms with van der Waals surface area (Å²) < 4.78 is 14.7. The van der Waals surface area contributed by atoms with E-state index in [-0.39, 0.29) is 30.6 Å². The maximum absolute atomic E-state index is 14.7. The molecule has 0 aliphatic rings. The number of carbonyl (C=O) groups is 1. The molecule has 0 bridgehead atoms. The minimum absolute atomic E-state index is 0.0238. The van der Waals surface area contributed by atoms with Gasteiger partial charge in [0.1, 0.15) is 16.6 Å². The Labute approximate surface area is 178 Å². The van der Waals surface area contributed by atoms with E-state index >= 15 is 0 Å². The van der Waals surface area contributed by atoms with Crippen LogP contribution in [0.5, 0.6) is 0 Å². The van der Waals surface area contributed by atoms with Crippen molar-refractivity contribution in [1.82, 2.24) is 4.98 Å². The van der Waals surface area contributed by atoms with Crippen LogP contribution in [0.4, 0.5) is 15.2 Å². The van der Waals surface area contributed by atoms with Crippen LogP contribution in [0.2, 0.25) is 0 Å². The number of benzene rings is 1. The fraction of sp³-hybridized carbons (Fsp3) is 0.273. The normalized spacial score (nSPS) is 13.1. The number of aliphatic hydroxyl groups excluding tert-OH is 2. The number of rotatable bonds is 8. The Bertz CT molecular complexity index is 1040. The van der Waals surface area contributed by atoms with Gasteiger partial charge in [-0.2, -0.15) is 0 Å². The molecule has 0 fully saturated rings. The van der Waals surface area contributed by atoms with Crippen molar-refractivity contribution in [3.05, 3.63) is 65.1 Å². The summed E-state index contributed by atoms with van der Waals surface area (Å²) in [6.07, 6.45) is 1.66. The molecule has 3 rings (SSSR count). The summed E-state index contributed by atoms with van der Waals surface area (Å²) in [6.45, 7) is 3.66. The van der Waals surface area contributed by atoms with E-state index < -0.39 is 11.7 Å². The summed E-state index contributed by atoms with van der Waals surface area (Å²) >= 11 is 1.20. The number of aliphatic hydroxyl groups is 2. The maximum atomic E-state index is 14.7. The Kier molecular flexibility index (Phi) is 6.81. The second kappa shape index (κ2) is 9.34. The molecule has 0 aliphatic heterocycles. The van der Waals surface area contributed by atoms with Crippen LogP contribution in [0.1, 0.15) is 47.2 Å². The number of aromatic nitrogens is 1. The molecule has 3 aromatic rings. The molecule has 0 saturated carbocycles. The number of pyridine rings is 1. The van der Waals surface area contributed by atoms with Gasteiger partial charge in [-0.05, 0) is 29.3 Å². The minimum Gasteiger partial charge on any atom is -0.396 e. The summed E-state index contributed by atoms with van der Waals surface area (Å²) in [7, 11) is 0. The third kappa shape index (κ3) is 4.67. The first kappa shape index (κ1) is 21.9. The molecule has 158 valence electrons. The molecule has 0 spiro atoms. The minimum atomic E-state index is -0.628. The first-order chi connectivity index (χ1) is 14.3. The van der Waals surface area contributed by atoms with Crippen LogP contribution in [-0.4, -0.2) is 34.3 Å². The Morgan fingerprint density at radius 3 is 2.37 bits per heavy atom. The van der Waals surface area contributed by atoms with Crippen LogP contribution < -0.4 is 11.1 Å². The zero-order valence-corrected chi connectivity index (χ0v) is 17.5. The van der Waals surface area contributed by atoms with Gasteiger partial charge in [0.15, 0.2) is 0 Å². The van der Waals surface area contributed by atoms with Gasteiger partial charge in [-0.1, -0.05) is 32.0 Å². The Hall–Kier alpha value is -2.81. The first-order valence-electron chi connectivity index (χ1n) is 9.52. The fourth-order valence-corrected chi connectivity index (χ4v) is 4.03. The first-order valence-corrected chi connectivity index (χ1v) is 10.3. The number of thiophene rings is 1. The molecule has 0 radical (unpaired) electrons. The lowest BCUT2D eigenvalue weighted by molar-refractivity contribution is 0.100. The predicted molar refractivity (Wildman–Crippen MR) is 117 cm³/mol. The second-order valence-electron chi connectivity index (χ2n) is 7.23. The zero-order chi connectivity index (χ0) is 21.8. The standard InChI is InChI=1S/C22H24FN3O3S/c1-12(10-27)14-3-5-16(18(23)7-14)19-8-17(21(24)29)22(30-19)26-20-6-4-15(9-25-20)13(2)11-28/h3-9,12-13,27-28H,10-11H2,1-2H3,(H2,24,29)(H,25,26). The number of halogens is 1. The number of hydrogen-bond acceptors (Lipinski definition) is 6. The lowest BCUT2D eigenvalue weighted by Crippen LogP contribution is -2.11. The molecule has 2 atom stereocenters. The van der Waals surface area contributed by atoms with Crippen molar-refractivity contribution >= 4 is 28.1 Å². The van der Waals surface area contributed by atoms with Crippen molar-refractivity contribution in [1.29, 1.82) is 0 Å². The molecule has 6 nitrogen and oxygen atoms in total. The van der Waals surface area contributed by atoms with Crippen molar-refractivity contribution in [3.8, 4) is 10.4 Å². The summed E-state index contributed by atoms with van der Waals surface area (Å²) in [5.74, 6) is -0.751. The van der Waals surface area contributed by atoms with Crippen LogP contribution in [-0.2, 0) is 0 Å². The monoisotopic (exact) mass is 429 g/mol. The number of amides is 1. The molecule has 2 aromatic heterocycles. The summed E-state index contributed by atoms with van der Waals surface area (Å²) in [6, 6.07) is 9.95. The SMILES string of the molecule is CC(CO)c1ccc(Nc2sc(-c3ccc(C(C)CO)cc3F)cc2C(N)=O)nc1. The van der Waals surface area contributed by atoms with Gasteiger partial charge in [0.2, 0.25) is 0 Å². The predicted octanol–water partition coefficient (Wildman–Crippen LogP) is 3.98. The summed E-state index contributed by atoms with van der Waals surface area (Å²) in [5.41, 5.74) is 7.71. The van der Waals surface area contributed by atoms with Crippen LogP contribution in [0.3, 0.4) is 0 Å². The van der Waals surface area contributed by atoms with Crippen LogP contribution >= 0.6 is 11.3 Å². The van der Waals surface area contributed by atoms with Crippen molar-refractivity contribution < 1.29 is 19.4 Å². The highest BCUT2D eigenvalue weighted by Gasteiger charge is 2.18. The maximum Gasteiger partial charge on any atom is 0.251 e. The quantitative estimate of drug-likeness (QED) is 0.433. The van der Waals surface area contributed by atoms with Gasteiger partial charge in [0, 0.05) is 41.7 Å². The third-order valence-electron chi connectivity index (χ3n) is 4.97. The Morgan fingerprint density at radius 1 is 1.13 bits per heavy atom. The number of anilines is 2. The lowest BCUT2D eigenvalue weighted by atomic mass is 9.99. The van der Waals surface area contributed by atoms with Crippen LogP contribution in [0, 0.1) is 5.82 Å². The lowest BCUT2D eigenvalue weighted by Gasteiger charge is -2.10. The number of primary amides is 1. The van der Waals surface area contributed by atoms with E-state index in [0.717, 1.165) is 5.56 Å². The fourth-order valence-electron chi connectivity index (χ4n) is 2.94. The van der Waals surface area contributed by atoms with E-state index in [1.54, 1.807) is 30.5 Å². The number of hydrogen-bond donors (Lipinski definition) is 4. The average molecular weight is 430 g/mol. The average Bonchev–Trinajstić information content (AvgIpc) is 3.16. The van der Waals surface area contributed by atoms with Gasteiger partial charge in [0.05, 0.1) is 5.56 Å². The Balaban J connectivity index is 1.91. The topological polar surface area (TPSA) is 108 Å². The van der Waals surface area contributed by atoms with E-state index in [0.29, 0.717) is 26.8 Å². The van der Waals surface area contributed by atoms with E-state index in [2.05, 4.69) is 10.3 Å². The molecule has 1 aromatic carbocycles. The molecular weight excluding hydrogens is 405 g/mol. The van der Waals surface area contributed by atoms with Gasteiger partial charge in [-0.25, -0.2) is 9.37 Å². The van der Waals surface area contributed by atoms with E-state index in [9.17, 15) is 19.4 Å². The number of carbonyl (C=O) groups excluding carboxylic acids is 1. The Morgan fingerprint density at radius 2 is 1.80 bits per heavy atom. The van der Waals surface area contributed by atoms with Gasteiger partial charge >= 0.3 is 0 Å². The van der Waals surface area contributed by atoms with Gasteiger partial charge in [-0.15, -0.1) is 11.3 Å². The van der Waals surface area contributed by atoms with Gasteiger partial charge < -0.3 is 21.3 Å².